The van der Waals surface area contributed by atoms with Crippen molar-refractivity contribution in [1.82, 2.24) is 15.3 Å². The van der Waals surface area contributed by atoms with Crippen molar-refractivity contribution < 1.29 is 9.59 Å². The Morgan fingerprint density at radius 1 is 1.19 bits per heavy atom. The second-order valence-corrected chi connectivity index (χ2v) is 6.60. The van der Waals surface area contributed by atoms with Crippen LogP contribution in [0.15, 0.2) is 47.4 Å². The molecule has 27 heavy (non-hydrogen) atoms. The number of nitrogens with zero attached hydrogens (tertiary/aromatic N) is 1. The van der Waals surface area contributed by atoms with Crippen LogP contribution in [0.5, 0.6) is 0 Å². The van der Waals surface area contributed by atoms with Gasteiger partial charge in [-0.1, -0.05) is 18.2 Å². The van der Waals surface area contributed by atoms with E-state index in [2.05, 4.69) is 15.3 Å². The number of hydrogen-bond donors (Lipinski definition) is 3. The summed E-state index contributed by atoms with van der Waals surface area (Å²) in [6.07, 6.45) is 3.83. The normalized spacial score (nSPS) is 15.9. The van der Waals surface area contributed by atoms with Crippen molar-refractivity contribution in [2.24, 2.45) is 5.73 Å². The summed E-state index contributed by atoms with van der Waals surface area (Å²) in [6, 6.07) is 10.3. The van der Waals surface area contributed by atoms with Crippen molar-refractivity contribution in [3.8, 4) is 0 Å². The zero-order valence-corrected chi connectivity index (χ0v) is 14.5. The molecule has 136 valence electrons. The summed E-state index contributed by atoms with van der Waals surface area (Å²) in [5, 5.41) is 3.80. The summed E-state index contributed by atoms with van der Waals surface area (Å²) >= 11 is 0. The molecule has 0 bridgehead atoms. The number of carbonyl (C=O) groups excluding carboxylic acids is 2. The van der Waals surface area contributed by atoms with E-state index in [0.29, 0.717) is 18.4 Å². The van der Waals surface area contributed by atoms with Crippen LogP contribution in [0.3, 0.4) is 0 Å². The molecule has 2 aromatic heterocycles. The molecule has 1 unspecified atom stereocenters. The minimum absolute atomic E-state index is 0.0933. The highest BCUT2D eigenvalue weighted by atomic mass is 16.2. The Kier molecular flexibility index (Phi) is 4.19. The molecule has 1 aliphatic carbocycles. The van der Waals surface area contributed by atoms with Crippen LogP contribution in [0.4, 0.5) is 0 Å². The van der Waals surface area contributed by atoms with Crippen LogP contribution in [-0.4, -0.2) is 21.8 Å². The first-order valence-electron chi connectivity index (χ1n) is 8.75. The number of H-pyrrole nitrogens is 1. The number of aromatic amines is 1. The van der Waals surface area contributed by atoms with Crippen LogP contribution in [0.1, 0.15) is 50.9 Å². The van der Waals surface area contributed by atoms with Gasteiger partial charge in [-0.2, -0.15) is 0 Å². The molecule has 0 saturated heterocycles. The first kappa shape index (κ1) is 17.0. The number of rotatable bonds is 3. The van der Waals surface area contributed by atoms with Gasteiger partial charge in [-0.15, -0.1) is 0 Å². The van der Waals surface area contributed by atoms with Gasteiger partial charge < -0.3 is 16.0 Å². The molecule has 7 heteroatoms. The van der Waals surface area contributed by atoms with Crippen molar-refractivity contribution in [3.63, 3.8) is 0 Å². The molecule has 1 aromatic carbocycles. The van der Waals surface area contributed by atoms with Crippen LogP contribution in [0, 0.1) is 0 Å². The van der Waals surface area contributed by atoms with Gasteiger partial charge in [0.2, 0.25) is 0 Å². The van der Waals surface area contributed by atoms with Gasteiger partial charge in [0, 0.05) is 17.3 Å². The molecule has 2 amide bonds. The zero-order chi connectivity index (χ0) is 19.0. The standard InChI is InChI=1S/C20H18N4O3/c21-18(25)14-10-13-16(6-3-7-17(13)24-20(14)27)23-19(26)12-8-9-22-15-5-2-1-4-11(12)15/h1-2,4-5,8-10,16H,3,6-7H2,(H2,21,25)(H,23,26)(H,24,27). The number of para-hydroxylation sites is 1. The fourth-order valence-electron chi connectivity index (χ4n) is 3.60. The molecule has 0 radical (unpaired) electrons. The largest absolute Gasteiger partial charge is 0.365 e. The van der Waals surface area contributed by atoms with Crippen molar-refractivity contribution in [2.45, 2.75) is 25.3 Å². The van der Waals surface area contributed by atoms with E-state index in [1.54, 1.807) is 12.3 Å². The predicted octanol–water partition coefficient (Wildman–Crippen LogP) is 1.83. The molecule has 0 aliphatic heterocycles. The Labute approximate surface area is 154 Å². The molecular formula is C20H18N4O3. The average Bonchev–Trinajstić information content (AvgIpc) is 2.67. The molecule has 4 N–H and O–H groups in total. The van der Waals surface area contributed by atoms with Crippen LogP contribution in [0.25, 0.3) is 10.9 Å². The SMILES string of the molecule is NC(=O)c1cc2c([nH]c1=O)CCCC2NC(=O)c1ccnc2ccccc12. The number of aryl methyl sites for hydroxylation is 1. The van der Waals surface area contributed by atoms with Gasteiger partial charge >= 0.3 is 0 Å². The van der Waals surface area contributed by atoms with Gasteiger partial charge in [-0.3, -0.25) is 19.4 Å². The second kappa shape index (κ2) is 6.68. The van der Waals surface area contributed by atoms with Crippen LogP contribution in [-0.2, 0) is 6.42 Å². The summed E-state index contributed by atoms with van der Waals surface area (Å²) in [7, 11) is 0. The maximum atomic E-state index is 12.9. The Bertz CT molecular complexity index is 1110. The first-order chi connectivity index (χ1) is 13.0. The van der Waals surface area contributed by atoms with Gasteiger partial charge in [0.1, 0.15) is 5.56 Å². The predicted molar refractivity (Wildman–Crippen MR) is 100 cm³/mol. The zero-order valence-electron chi connectivity index (χ0n) is 14.5. The van der Waals surface area contributed by atoms with E-state index in [4.69, 9.17) is 5.73 Å². The second-order valence-electron chi connectivity index (χ2n) is 6.60. The molecule has 0 fully saturated rings. The number of primary amides is 1. The molecule has 4 rings (SSSR count). The number of benzene rings is 1. The molecule has 7 nitrogen and oxygen atoms in total. The number of pyridine rings is 2. The van der Waals surface area contributed by atoms with E-state index in [1.165, 1.54) is 6.07 Å². The van der Waals surface area contributed by atoms with Gasteiger partial charge in [0.15, 0.2) is 0 Å². The van der Waals surface area contributed by atoms with Crippen LogP contribution in [0.2, 0.25) is 0 Å². The molecule has 1 aliphatic rings. The Morgan fingerprint density at radius 2 is 2.00 bits per heavy atom. The van der Waals surface area contributed by atoms with Crippen LogP contribution < -0.4 is 16.6 Å². The lowest BCUT2D eigenvalue weighted by Gasteiger charge is -2.26. The molecule has 3 aromatic rings. The Hall–Kier alpha value is -3.48. The third kappa shape index (κ3) is 3.08. The maximum absolute atomic E-state index is 12.9. The summed E-state index contributed by atoms with van der Waals surface area (Å²) in [5.41, 5.74) is 7.46. The molecule has 1 atom stereocenters. The molecular weight excluding hydrogens is 344 g/mol. The number of fused-ring (bicyclic) bond motifs is 2. The van der Waals surface area contributed by atoms with Gasteiger partial charge in [0.05, 0.1) is 17.1 Å². The van der Waals surface area contributed by atoms with E-state index < -0.39 is 11.5 Å². The van der Waals surface area contributed by atoms with E-state index in [9.17, 15) is 14.4 Å². The van der Waals surface area contributed by atoms with Gasteiger partial charge in [-0.05, 0) is 43.0 Å². The van der Waals surface area contributed by atoms with Gasteiger partial charge in [0.25, 0.3) is 17.4 Å². The lowest BCUT2D eigenvalue weighted by molar-refractivity contribution is 0.0934. The minimum atomic E-state index is -0.783. The third-order valence-electron chi connectivity index (χ3n) is 4.92. The molecule has 0 saturated carbocycles. The number of amides is 2. The maximum Gasteiger partial charge on any atom is 0.261 e. The highest BCUT2D eigenvalue weighted by Gasteiger charge is 2.25. The van der Waals surface area contributed by atoms with E-state index in [0.717, 1.165) is 28.6 Å². The van der Waals surface area contributed by atoms with Crippen molar-refractivity contribution in [2.75, 3.05) is 0 Å². The minimum Gasteiger partial charge on any atom is -0.365 e. The van der Waals surface area contributed by atoms with Crippen molar-refractivity contribution in [1.29, 1.82) is 0 Å². The lowest BCUT2D eigenvalue weighted by atomic mass is 9.90. The number of nitrogens with two attached hydrogens (primary N) is 1. The molecule has 0 spiro atoms. The summed E-state index contributed by atoms with van der Waals surface area (Å²) in [6.45, 7) is 0. The smallest absolute Gasteiger partial charge is 0.261 e. The summed E-state index contributed by atoms with van der Waals surface area (Å²) in [4.78, 5) is 43.4. The monoisotopic (exact) mass is 362 g/mol. The Balaban J connectivity index is 1.70. The number of nitrogens with one attached hydrogen (secondary N) is 2. The topological polar surface area (TPSA) is 118 Å². The van der Waals surface area contributed by atoms with E-state index in [-0.39, 0.29) is 17.5 Å². The van der Waals surface area contributed by atoms with Gasteiger partial charge in [-0.25, -0.2) is 0 Å². The first-order valence-corrected chi connectivity index (χ1v) is 8.75. The fraction of sp³-hybridized carbons (Fsp3) is 0.200. The Morgan fingerprint density at radius 3 is 2.81 bits per heavy atom. The lowest BCUT2D eigenvalue weighted by Crippen LogP contribution is -2.34. The number of hydrogen-bond acceptors (Lipinski definition) is 4. The van der Waals surface area contributed by atoms with E-state index >= 15 is 0 Å². The number of aromatic nitrogens is 2. The molecule has 2 heterocycles. The highest BCUT2D eigenvalue weighted by Crippen LogP contribution is 2.29. The van der Waals surface area contributed by atoms with Crippen LogP contribution >= 0.6 is 0 Å². The fourth-order valence-corrected chi connectivity index (χ4v) is 3.60. The third-order valence-corrected chi connectivity index (χ3v) is 4.92. The average molecular weight is 362 g/mol. The van der Waals surface area contributed by atoms with Crippen molar-refractivity contribution >= 4 is 22.7 Å². The summed E-state index contributed by atoms with van der Waals surface area (Å²) in [5.74, 6) is -1.01. The highest BCUT2D eigenvalue weighted by molar-refractivity contribution is 6.06. The van der Waals surface area contributed by atoms with Crippen molar-refractivity contribution in [3.05, 3.63) is 75.3 Å². The summed E-state index contributed by atoms with van der Waals surface area (Å²) < 4.78 is 0. The van der Waals surface area contributed by atoms with E-state index in [1.807, 2.05) is 24.3 Å². The quantitative estimate of drug-likeness (QED) is 0.659. The number of carbonyl (C=O) groups is 2.